The molecule has 0 radical (unpaired) electrons. The Morgan fingerprint density at radius 1 is 1.38 bits per heavy atom. The van der Waals surface area contributed by atoms with Gasteiger partial charge in [0.25, 0.3) is 0 Å². The summed E-state index contributed by atoms with van der Waals surface area (Å²) in [5.74, 6) is -0.923. The third-order valence-corrected chi connectivity index (χ3v) is 4.40. The van der Waals surface area contributed by atoms with Gasteiger partial charge in [-0.15, -0.1) is 11.3 Å². The van der Waals surface area contributed by atoms with Crippen molar-refractivity contribution in [2.45, 2.75) is 25.9 Å². The molecule has 1 saturated heterocycles. The zero-order chi connectivity index (χ0) is 15.4. The number of ether oxygens (including phenoxy) is 1. The molecule has 0 bridgehead atoms. The molecule has 1 fully saturated rings. The number of rotatable bonds is 6. The Bertz CT molecular complexity index is 539. The maximum atomic E-state index is 11.8. The van der Waals surface area contributed by atoms with Gasteiger partial charge in [-0.2, -0.15) is 0 Å². The third-order valence-electron chi connectivity index (χ3n) is 3.30. The van der Waals surface area contributed by atoms with Crippen LogP contribution in [0.3, 0.4) is 0 Å². The average molecular weight is 310 g/mol. The van der Waals surface area contributed by atoms with E-state index in [1.54, 1.807) is 18.4 Å². The fourth-order valence-electron chi connectivity index (χ4n) is 2.13. The lowest BCUT2D eigenvalue weighted by Crippen LogP contribution is -2.41. The predicted molar refractivity (Wildman–Crippen MR) is 77.8 cm³/mol. The smallest absolute Gasteiger partial charge is 0.240 e. The molecule has 2 rings (SSSR count). The van der Waals surface area contributed by atoms with Gasteiger partial charge in [0, 0.05) is 36.3 Å². The molecule has 1 atom stereocenters. The van der Waals surface area contributed by atoms with Crippen molar-refractivity contribution in [3.63, 3.8) is 0 Å². The molecule has 1 aromatic heterocycles. The molecule has 1 N–H and O–H groups in total. The summed E-state index contributed by atoms with van der Waals surface area (Å²) in [4.78, 5) is 37.9. The molecule has 6 nitrogen and oxygen atoms in total. The number of amides is 3. The highest BCUT2D eigenvalue weighted by molar-refractivity contribution is 7.12. The highest BCUT2D eigenvalue weighted by atomic mass is 32.1. The van der Waals surface area contributed by atoms with Gasteiger partial charge in [0.15, 0.2) is 0 Å². The number of imide groups is 1. The number of nitrogens with one attached hydrogen (secondary N) is 1. The molecule has 0 aromatic carbocycles. The Hall–Kier alpha value is -1.73. The van der Waals surface area contributed by atoms with Gasteiger partial charge in [0.1, 0.15) is 12.6 Å². The monoisotopic (exact) mass is 310 g/mol. The first-order chi connectivity index (χ1) is 10.0. The lowest BCUT2D eigenvalue weighted by molar-refractivity contribution is -0.142. The molecule has 21 heavy (non-hydrogen) atoms. The second-order valence-electron chi connectivity index (χ2n) is 4.85. The quantitative estimate of drug-likeness (QED) is 0.796. The molecule has 7 heteroatoms. The zero-order valence-electron chi connectivity index (χ0n) is 12.0. The van der Waals surface area contributed by atoms with E-state index in [1.165, 1.54) is 4.88 Å². The van der Waals surface area contributed by atoms with Crippen LogP contribution in [0, 0.1) is 6.92 Å². The Morgan fingerprint density at radius 3 is 2.57 bits per heavy atom. The molecule has 1 unspecified atom stereocenters. The summed E-state index contributed by atoms with van der Waals surface area (Å²) in [6.07, 6.45) is 0.167. The van der Waals surface area contributed by atoms with Gasteiger partial charge in [0.05, 0.1) is 0 Å². The Balaban J connectivity index is 1.85. The largest absolute Gasteiger partial charge is 0.374 e. The van der Waals surface area contributed by atoms with Crippen LogP contribution in [0.5, 0.6) is 0 Å². The molecule has 0 aliphatic carbocycles. The minimum atomic E-state index is -0.353. The minimum absolute atomic E-state index is 0.196. The van der Waals surface area contributed by atoms with Gasteiger partial charge in [0.2, 0.25) is 17.7 Å². The molecule has 1 aliphatic heterocycles. The second kappa shape index (κ2) is 6.82. The summed E-state index contributed by atoms with van der Waals surface area (Å²) >= 11 is 1.61. The van der Waals surface area contributed by atoms with Crippen molar-refractivity contribution in [3.8, 4) is 0 Å². The van der Waals surface area contributed by atoms with Crippen LogP contribution in [-0.2, 0) is 19.1 Å². The maximum absolute atomic E-state index is 11.8. The summed E-state index contributed by atoms with van der Waals surface area (Å²) in [6, 6.07) is 3.96. The van der Waals surface area contributed by atoms with Gasteiger partial charge in [-0.05, 0) is 19.1 Å². The maximum Gasteiger partial charge on any atom is 0.240 e. The molecule has 0 spiro atoms. The number of hydrogen-bond donors (Lipinski definition) is 1. The number of aryl methyl sites for hydroxylation is 1. The number of methoxy groups -OCH3 is 1. The molecular formula is C14H18N2O4S. The second-order valence-corrected chi connectivity index (χ2v) is 6.17. The van der Waals surface area contributed by atoms with E-state index in [9.17, 15) is 14.4 Å². The molecular weight excluding hydrogens is 292 g/mol. The van der Waals surface area contributed by atoms with Crippen LogP contribution in [0.25, 0.3) is 0 Å². The van der Waals surface area contributed by atoms with E-state index in [0.717, 1.165) is 9.78 Å². The van der Waals surface area contributed by atoms with Crippen molar-refractivity contribution >= 4 is 29.1 Å². The van der Waals surface area contributed by atoms with E-state index < -0.39 is 0 Å². The van der Waals surface area contributed by atoms with Crippen molar-refractivity contribution in [2.75, 3.05) is 20.2 Å². The van der Waals surface area contributed by atoms with Crippen molar-refractivity contribution in [1.82, 2.24) is 10.2 Å². The number of carbonyl (C=O) groups is 3. The predicted octanol–water partition coefficient (Wildman–Crippen LogP) is 1.01. The molecule has 2 heterocycles. The van der Waals surface area contributed by atoms with Crippen molar-refractivity contribution < 1.29 is 19.1 Å². The van der Waals surface area contributed by atoms with Gasteiger partial charge in [-0.25, -0.2) is 0 Å². The van der Waals surface area contributed by atoms with E-state index in [2.05, 4.69) is 5.32 Å². The van der Waals surface area contributed by atoms with E-state index >= 15 is 0 Å². The number of nitrogens with zero attached hydrogens (tertiary/aromatic N) is 1. The van der Waals surface area contributed by atoms with Crippen molar-refractivity contribution in [1.29, 1.82) is 0 Å². The van der Waals surface area contributed by atoms with Crippen molar-refractivity contribution in [2.24, 2.45) is 0 Å². The van der Waals surface area contributed by atoms with Crippen LogP contribution in [-0.4, -0.2) is 42.8 Å². The molecule has 3 amide bonds. The SMILES string of the molecule is COC(CNC(=O)CN1C(=O)CCC1=O)c1ccc(C)s1. The van der Waals surface area contributed by atoms with E-state index in [-0.39, 0.29) is 43.2 Å². The zero-order valence-corrected chi connectivity index (χ0v) is 12.9. The first-order valence-corrected chi connectivity index (χ1v) is 7.52. The van der Waals surface area contributed by atoms with Crippen LogP contribution >= 0.6 is 11.3 Å². The Labute approximate surface area is 127 Å². The number of likely N-dealkylation sites (tertiary alicyclic amines) is 1. The first-order valence-electron chi connectivity index (χ1n) is 6.70. The van der Waals surface area contributed by atoms with E-state index in [4.69, 9.17) is 4.74 Å². The minimum Gasteiger partial charge on any atom is -0.374 e. The van der Waals surface area contributed by atoms with E-state index in [0.29, 0.717) is 6.54 Å². The third kappa shape index (κ3) is 3.89. The standard InChI is InChI=1S/C14H18N2O4S/c1-9-3-4-11(21-9)10(20-2)7-15-12(17)8-16-13(18)5-6-14(16)19/h3-4,10H,5-8H2,1-2H3,(H,15,17). The number of hydrogen-bond acceptors (Lipinski definition) is 5. The van der Waals surface area contributed by atoms with Crippen molar-refractivity contribution in [3.05, 3.63) is 21.9 Å². The first kappa shape index (κ1) is 15.7. The lowest BCUT2D eigenvalue weighted by atomic mass is 10.3. The molecule has 0 saturated carbocycles. The fraction of sp³-hybridized carbons (Fsp3) is 0.500. The van der Waals surface area contributed by atoms with E-state index in [1.807, 2.05) is 19.1 Å². The molecule has 114 valence electrons. The fourth-order valence-corrected chi connectivity index (χ4v) is 3.09. The Kier molecular flexibility index (Phi) is 5.08. The van der Waals surface area contributed by atoms with Gasteiger partial charge in [-0.1, -0.05) is 0 Å². The van der Waals surface area contributed by atoms with Crippen LogP contribution in [0.2, 0.25) is 0 Å². The topological polar surface area (TPSA) is 75.7 Å². The number of carbonyl (C=O) groups excluding carboxylic acids is 3. The van der Waals surface area contributed by atoms with Crippen LogP contribution in [0.4, 0.5) is 0 Å². The summed E-state index contributed by atoms with van der Waals surface area (Å²) in [7, 11) is 1.58. The summed E-state index contributed by atoms with van der Waals surface area (Å²) in [5.41, 5.74) is 0. The normalized spacial score (nSPS) is 16.4. The van der Waals surface area contributed by atoms with Crippen LogP contribution < -0.4 is 5.32 Å². The van der Waals surface area contributed by atoms with Crippen LogP contribution in [0.15, 0.2) is 12.1 Å². The molecule has 1 aliphatic rings. The van der Waals surface area contributed by atoms with Gasteiger partial charge < -0.3 is 10.1 Å². The highest BCUT2D eigenvalue weighted by Crippen LogP contribution is 2.24. The summed E-state index contributed by atoms with van der Waals surface area (Å²) in [6.45, 7) is 2.10. The highest BCUT2D eigenvalue weighted by Gasteiger charge is 2.30. The summed E-state index contributed by atoms with van der Waals surface area (Å²) < 4.78 is 5.36. The Morgan fingerprint density at radius 2 is 2.05 bits per heavy atom. The van der Waals surface area contributed by atoms with Crippen LogP contribution in [0.1, 0.15) is 28.7 Å². The van der Waals surface area contributed by atoms with Gasteiger partial charge in [-0.3, -0.25) is 19.3 Å². The summed E-state index contributed by atoms with van der Waals surface area (Å²) in [5, 5.41) is 2.71. The lowest BCUT2D eigenvalue weighted by Gasteiger charge is -2.17. The average Bonchev–Trinajstić information content (AvgIpc) is 3.00. The van der Waals surface area contributed by atoms with Gasteiger partial charge >= 0.3 is 0 Å². The number of thiophene rings is 1. The molecule has 1 aromatic rings.